The van der Waals surface area contributed by atoms with E-state index in [2.05, 4.69) is 31.3 Å². The summed E-state index contributed by atoms with van der Waals surface area (Å²) < 4.78 is 6.86. The topological polar surface area (TPSA) is 73.1 Å². The molecule has 1 heterocycles. The predicted molar refractivity (Wildman–Crippen MR) is 87.5 cm³/mol. The molecule has 0 saturated heterocycles. The van der Waals surface area contributed by atoms with Crippen molar-refractivity contribution in [1.82, 2.24) is 9.97 Å². The van der Waals surface area contributed by atoms with Crippen LogP contribution in [0, 0.1) is 6.92 Å². The molecular weight excluding hydrogens is 332 g/mol. The molecule has 1 aromatic heterocycles. The van der Waals surface area contributed by atoms with Crippen molar-refractivity contribution >= 4 is 21.7 Å². The lowest BCUT2D eigenvalue weighted by atomic mass is 9.96. The SMILES string of the molecule is Cc1cc(Oc2cc(NN)nc(C(C)(C)C)n2)ccc1Br. The smallest absolute Gasteiger partial charge is 0.224 e. The van der Waals surface area contributed by atoms with E-state index < -0.39 is 0 Å². The number of aromatic nitrogens is 2. The average molecular weight is 351 g/mol. The van der Waals surface area contributed by atoms with Gasteiger partial charge in [-0.3, -0.25) is 0 Å². The van der Waals surface area contributed by atoms with E-state index >= 15 is 0 Å². The summed E-state index contributed by atoms with van der Waals surface area (Å²) in [5.74, 6) is 7.84. The van der Waals surface area contributed by atoms with Gasteiger partial charge in [-0.2, -0.15) is 4.98 Å². The van der Waals surface area contributed by atoms with Crippen LogP contribution in [0.4, 0.5) is 5.82 Å². The fraction of sp³-hybridized carbons (Fsp3) is 0.333. The molecule has 112 valence electrons. The van der Waals surface area contributed by atoms with Gasteiger partial charge in [0.1, 0.15) is 17.4 Å². The second-order valence-corrected chi connectivity index (χ2v) is 6.68. The third kappa shape index (κ3) is 3.92. The maximum atomic E-state index is 5.82. The molecule has 0 aliphatic heterocycles. The highest BCUT2D eigenvalue weighted by molar-refractivity contribution is 9.10. The van der Waals surface area contributed by atoms with Gasteiger partial charge >= 0.3 is 0 Å². The van der Waals surface area contributed by atoms with E-state index in [0.717, 1.165) is 15.8 Å². The Morgan fingerprint density at radius 3 is 2.48 bits per heavy atom. The van der Waals surface area contributed by atoms with Crippen LogP contribution in [0.1, 0.15) is 32.2 Å². The predicted octanol–water partition coefficient (Wildman–Crippen LogP) is 3.92. The summed E-state index contributed by atoms with van der Waals surface area (Å²) >= 11 is 3.47. The van der Waals surface area contributed by atoms with E-state index in [9.17, 15) is 0 Å². The lowest BCUT2D eigenvalue weighted by Crippen LogP contribution is -2.19. The third-order valence-corrected chi connectivity index (χ3v) is 3.76. The monoisotopic (exact) mass is 350 g/mol. The minimum atomic E-state index is -0.194. The van der Waals surface area contributed by atoms with Crippen molar-refractivity contribution in [3.8, 4) is 11.6 Å². The minimum absolute atomic E-state index is 0.194. The molecule has 21 heavy (non-hydrogen) atoms. The highest BCUT2D eigenvalue weighted by atomic mass is 79.9. The number of anilines is 1. The van der Waals surface area contributed by atoms with Crippen LogP contribution in [0.2, 0.25) is 0 Å². The number of hydrazine groups is 1. The molecule has 0 spiro atoms. The number of hydrogen-bond donors (Lipinski definition) is 2. The molecular formula is C15H19BrN4O. The molecule has 0 saturated carbocycles. The van der Waals surface area contributed by atoms with Crippen molar-refractivity contribution in [3.63, 3.8) is 0 Å². The van der Waals surface area contributed by atoms with E-state index in [0.29, 0.717) is 17.5 Å². The first-order valence-corrected chi connectivity index (χ1v) is 7.39. The number of nitrogens with two attached hydrogens (primary N) is 1. The zero-order valence-corrected chi connectivity index (χ0v) is 14.2. The fourth-order valence-corrected chi connectivity index (χ4v) is 1.93. The lowest BCUT2D eigenvalue weighted by molar-refractivity contribution is 0.446. The van der Waals surface area contributed by atoms with Crippen LogP contribution in [-0.4, -0.2) is 9.97 Å². The van der Waals surface area contributed by atoms with Crippen molar-refractivity contribution in [2.45, 2.75) is 33.1 Å². The maximum absolute atomic E-state index is 5.82. The first kappa shape index (κ1) is 15.7. The van der Waals surface area contributed by atoms with Crippen molar-refractivity contribution < 1.29 is 4.74 Å². The van der Waals surface area contributed by atoms with Gasteiger partial charge in [0, 0.05) is 16.0 Å². The Morgan fingerprint density at radius 2 is 1.90 bits per heavy atom. The molecule has 6 heteroatoms. The molecule has 0 atom stereocenters. The summed E-state index contributed by atoms with van der Waals surface area (Å²) in [6, 6.07) is 7.44. The number of halogens is 1. The van der Waals surface area contributed by atoms with Crippen LogP contribution < -0.4 is 16.0 Å². The van der Waals surface area contributed by atoms with Crippen molar-refractivity contribution in [3.05, 3.63) is 40.1 Å². The van der Waals surface area contributed by atoms with E-state index in [1.54, 1.807) is 6.07 Å². The first-order valence-electron chi connectivity index (χ1n) is 6.60. The highest BCUT2D eigenvalue weighted by Gasteiger charge is 2.19. The van der Waals surface area contributed by atoms with Crippen LogP contribution in [0.15, 0.2) is 28.7 Å². The summed E-state index contributed by atoms with van der Waals surface area (Å²) in [4.78, 5) is 8.82. The van der Waals surface area contributed by atoms with E-state index in [4.69, 9.17) is 10.6 Å². The molecule has 0 aliphatic carbocycles. The Hall–Kier alpha value is -1.66. The number of benzene rings is 1. The summed E-state index contributed by atoms with van der Waals surface area (Å²) in [7, 11) is 0. The Morgan fingerprint density at radius 1 is 1.19 bits per heavy atom. The molecule has 0 unspecified atom stereocenters. The van der Waals surface area contributed by atoms with Crippen molar-refractivity contribution in [1.29, 1.82) is 0 Å². The summed E-state index contributed by atoms with van der Waals surface area (Å²) in [6.07, 6.45) is 0. The fourth-order valence-electron chi connectivity index (χ4n) is 1.69. The number of hydrogen-bond acceptors (Lipinski definition) is 5. The average Bonchev–Trinajstić information content (AvgIpc) is 2.41. The van der Waals surface area contributed by atoms with Crippen molar-refractivity contribution in [2.24, 2.45) is 5.84 Å². The Labute approximate surface area is 133 Å². The molecule has 0 amide bonds. The summed E-state index contributed by atoms with van der Waals surface area (Å²) in [6.45, 7) is 8.12. The maximum Gasteiger partial charge on any atom is 0.224 e. The normalized spacial score (nSPS) is 11.3. The van der Waals surface area contributed by atoms with Crippen LogP contribution in [-0.2, 0) is 5.41 Å². The van der Waals surface area contributed by atoms with Crippen LogP contribution in [0.5, 0.6) is 11.6 Å². The van der Waals surface area contributed by atoms with Crippen LogP contribution >= 0.6 is 15.9 Å². The van der Waals surface area contributed by atoms with Gasteiger partial charge in [0.2, 0.25) is 5.88 Å². The zero-order valence-electron chi connectivity index (χ0n) is 12.6. The van der Waals surface area contributed by atoms with Gasteiger partial charge in [0.25, 0.3) is 0 Å². The summed E-state index contributed by atoms with van der Waals surface area (Å²) in [5, 5.41) is 0. The Kier molecular flexibility index (Phi) is 4.49. The summed E-state index contributed by atoms with van der Waals surface area (Å²) in [5.41, 5.74) is 3.45. The number of ether oxygens (including phenoxy) is 1. The van der Waals surface area contributed by atoms with Crippen molar-refractivity contribution in [2.75, 3.05) is 5.43 Å². The van der Waals surface area contributed by atoms with Gasteiger partial charge in [0.05, 0.1) is 0 Å². The number of nitrogens with zero attached hydrogens (tertiary/aromatic N) is 2. The number of rotatable bonds is 3. The van der Waals surface area contributed by atoms with Gasteiger partial charge < -0.3 is 10.2 Å². The molecule has 0 bridgehead atoms. The molecule has 0 aliphatic rings. The largest absolute Gasteiger partial charge is 0.439 e. The second kappa shape index (κ2) is 5.99. The molecule has 0 fully saturated rings. The highest BCUT2D eigenvalue weighted by Crippen LogP contribution is 2.28. The second-order valence-electron chi connectivity index (χ2n) is 5.82. The molecule has 5 nitrogen and oxygen atoms in total. The molecule has 2 rings (SSSR count). The van der Waals surface area contributed by atoms with E-state index in [1.807, 2.05) is 45.9 Å². The lowest BCUT2D eigenvalue weighted by Gasteiger charge is -2.18. The van der Waals surface area contributed by atoms with Crippen LogP contribution in [0.3, 0.4) is 0 Å². The molecule has 2 aromatic rings. The van der Waals surface area contributed by atoms with Gasteiger partial charge in [-0.25, -0.2) is 10.8 Å². The molecule has 3 N–H and O–H groups in total. The molecule has 0 radical (unpaired) electrons. The first-order chi connectivity index (χ1) is 9.79. The minimum Gasteiger partial charge on any atom is -0.439 e. The quantitative estimate of drug-likeness (QED) is 0.648. The zero-order chi connectivity index (χ0) is 15.6. The standard InChI is InChI=1S/C15H19BrN4O/c1-9-7-10(5-6-11(9)16)21-13-8-12(20-17)18-14(19-13)15(2,3)4/h5-8H,17H2,1-4H3,(H,18,19,20). The number of aryl methyl sites for hydroxylation is 1. The Bertz CT molecular complexity index is 653. The third-order valence-electron chi connectivity index (χ3n) is 2.87. The van der Waals surface area contributed by atoms with E-state index in [-0.39, 0.29) is 5.41 Å². The molecule has 1 aromatic carbocycles. The van der Waals surface area contributed by atoms with E-state index in [1.165, 1.54) is 0 Å². The Balaban J connectivity index is 2.36. The van der Waals surface area contributed by atoms with Gasteiger partial charge in [-0.15, -0.1) is 0 Å². The number of nitrogen functional groups attached to an aromatic ring is 1. The van der Waals surface area contributed by atoms with Crippen LogP contribution in [0.25, 0.3) is 0 Å². The number of nitrogens with one attached hydrogen (secondary N) is 1. The van der Waals surface area contributed by atoms with Gasteiger partial charge in [0.15, 0.2) is 0 Å². The van der Waals surface area contributed by atoms with Gasteiger partial charge in [-0.1, -0.05) is 36.7 Å². The van der Waals surface area contributed by atoms with Gasteiger partial charge in [-0.05, 0) is 30.7 Å².